The molecule has 5 N–H and O–H groups in total. The molecule has 0 spiro atoms. The quantitative estimate of drug-likeness (QED) is 0.700. The Balaban J connectivity index is 2.02. The van der Waals surface area contributed by atoms with E-state index in [1.54, 1.807) is 7.11 Å². The normalized spacial score (nSPS) is 24.4. The second-order valence-corrected chi connectivity index (χ2v) is 4.71. The summed E-state index contributed by atoms with van der Waals surface area (Å²) >= 11 is 0. The lowest BCUT2D eigenvalue weighted by atomic mass is 9.91. The molecule has 0 atom stereocenters. The number of rotatable bonds is 3. The number of nitrogen functional groups attached to an aromatic ring is 1. The zero-order valence-corrected chi connectivity index (χ0v) is 10.3. The Morgan fingerprint density at radius 2 is 1.94 bits per heavy atom. The van der Waals surface area contributed by atoms with E-state index in [-0.39, 0.29) is 0 Å². The van der Waals surface area contributed by atoms with Gasteiger partial charge >= 0.3 is 0 Å². The molecular weight excluding hydrogens is 214 g/mol. The number of methoxy groups -OCH3 is 1. The first-order valence-corrected chi connectivity index (χ1v) is 6.14. The Morgan fingerprint density at radius 1 is 1.24 bits per heavy atom. The van der Waals surface area contributed by atoms with Crippen LogP contribution < -0.4 is 21.5 Å². The van der Waals surface area contributed by atoms with Gasteiger partial charge in [0.25, 0.3) is 0 Å². The molecule has 1 aromatic rings. The van der Waals surface area contributed by atoms with Crippen molar-refractivity contribution in [2.24, 2.45) is 5.73 Å². The summed E-state index contributed by atoms with van der Waals surface area (Å²) in [7, 11) is 1.66. The fraction of sp³-hybridized carbons (Fsp3) is 0.538. The lowest BCUT2D eigenvalue weighted by Gasteiger charge is -2.28. The average Bonchev–Trinajstić information content (AvgIpc) is 2.35. The Morgan fingerprint density at radius 3 is 2.59 bits per heavy atom. The van der Waals surface area contributed by atoms with Crippen LogP contribution in [0, 0.1) is 0 Å². The standard InChI is InChI=1S/C13H21N3O/c1-17-11-6-7-12(15)13(8-11)16-10-4-2-9(14)3-5-10/h6-10,16H,2-5,14-15H2,1H3/t9-,10-. The molecule has 0 bridgehead atoms. The molecule has 0 unspecified atom stereocenters. The summed E-state index contributed by atoms with van der Waals surface area (Å²) in [6.45, 7) is 0. The van der Waals surface area contributed by atoms with Gasteiger partial charge in [0, 0.05) is 18.2 Å². The summed E-state index contributed by atoms with van der Waals surface area (Å²) in [5.74, 6) is 0.828. The number of hydrogen-bond donors (Lipinski definition) is 3. The van der Waals surface area contributed by atoms with Crippen molar-refractivity contribution in [3.05, 3.63) is 18.2 Å². The van der Waals surface area contributed by atoms with Crippen molar-refractivity contribution >= 4 is 11.4 Å². The molecule has 4 heteroatoms. The van der Waals surface area contributed by atoms with Gasteiger partial charge in [0.2, 0.25) is 0 Å². The minimum atomic E-state index is 0.371. The van der Waals surface area contributed by atoms with E-state index in [2.05, 4.69) is 5.32 Å². The lowest BCUT2D eigenvalue weighted by molar-refractivity contribution is 0.409. The second kappa shape index (κ2) is 5.27. The number of anilines is 2. The largest absolute Gasteiger partial charge is 0.497 e. The molecule has 0 saturated heterocycles. The van der Waals surface area contributed by atoms with Gasteiger partial charge in [-0.15, -0.1) is 0 Å². The van der Waals surface area contributed by atoms with Crippen molar-refractivity contribution in [3.8, 4) is 5.75 Å². The molecule has 0 heterocycles. The highest BCUT2D eigenvalue weighted by Crippen LogP contribution is 2.28. The van der Waals surface area contributed by atoms with Crippen molar-refractivity contribution in [2.75, 3.05) is 18.2 Å². The molecule has 0 radical (unpaired) electrons. The molecule has 1 aliphatic carbocycles. The van der Waals surface area contributed by atoms with E-state index >= 15 is 0 Å². The Hall–Kier alpha value is -1.42. The van der Waals surface area contributed by atoms with Crippen molar-refractivity contribution in [3.63, 3.8) is 0 Å². The summed E-state index contributed by atoms with van der Waals surface area (Å²) in [5, 5.41) is 3.48. The summed E-state index contributed by atoms with van der Waals surface area (Å²) in [6.07, 6.45) is 4.39. The number of nitrogens with one attached hydrogen (secondary N) is 1. The summed E-state index contributed by atoms with van der Waals surface area (Å²) < 4.78 is 5.20. The van der Waals surface area contributed by atoms with Crippen LogP contribution in [0.4, 0.5) is 11.4 Å². The summed E-state index contributed by atoms with van der Waals surface area (Å²) in [6, 6.07) is 6.54. The molecule has 1 aromatic carbocycles. The third-order valence-electron chi connectivity index (χ3n) is 3.39. The Kier molecular flexibility index (Phi) is 3.74. The van der Waals surface area contributed by atoms with Crippen LogP contribution in [0.25, 0.3) is 0 Å². The van der Waals surface area contributed by atoms with Crippen molar-refractivity contribution in [2.45, 2.75) is 37.8 Å². The van der Waals surface area contributed by atoms with Crippen LogP contribution in [0.2, 0.25) is 0 Å². The molecule has 1 aliphatic rings. The van der Waals surface area contributed by atoms with E-state index < -0.39 is 0 Å². The van der Waals surface area contributed by atoms with Crippen molar-refractivity contribution in [1.29, 1.82) is 0 Å². The molecule has 4 nitrogen and oxygen atoms in total. The maximum Gasteiger partial charge on any atom is 0.121 e. The maximum atomic E-state index is 5.95. The van der Waals surface area contributed by atoms with Crippen LogP contribution in [0.5, 0.6) is 5.75 Å². The van der Waals surface area contributed by atoms with E-state index in [0.717, 1.165) is 42.8 Å². The molecule has 17 heavy (non-hydrogen) atoms. The number of hydrogen-bond acceptors (Lipinski definition) is 4. The van der Waals surface area contributed by atoms with Crippen LogP contribution in [-0.2, 0) is 0 Å². The highest BCUT2D eigenvalue weighted by Gasteiger charge is 2.18. The predicted molar refractivity (Wildman–Crippen MR) is 71.3 cm³/mol. The maximum absolute atomic E-state index is 5.95. The molecular formula is C13H21N3O. The zero-order chi connectivity index (χ0) is 12.3. The highest BCUT2D eigenvalue weighted by molar-refractivity contribution is 5.68. The molecule has 1 saturated carbocycles. The van der Waals surface area contributed by atoms with E-state index in [1.165, 1.54) is 0 Å². The summed E-state index contributed by atoms with van der Waals surface area (Å²) in [5.41, 5.74) is 13.6. The second-order valence-electron chi connectivity index (χ2n) is 4.71. The molecule has 2 rings (SSSR count). The zero-order valence-electron chi connectivity index (χ0n) is 10.3. The number of nitrogens with two attached hydrogens (primary N) is 2. The third kappa shape index (κ3) is 3.03. The van der Waals surface area contributed by atoms with E-state index in [1.807, 2.05) is 18.2 Å². The van der Waals surface area contributed by atoms with Gasteiger partial charge < -0.3 is 21.5 Å². The summed E-state index contributed by atoms with van der Waals surface area (Å²) in [4.78, 5) is 0. The molecule has 0 aromatic heterocycles. The van der Waals surface area contributed by atoms with E-state index in [9.17, 15) is 0 Å². The van der Waals surface area contributed by atoms with Crippen molar-refractivity contribution < 1.29 is 4.74 Å². The molecule has 94 valence electrons. The Labute approximate surface area is 102 Å². The average molecular weight is 235 g/mol. The fourth-order valence-corrected chi connectivity index (χ4v) is 2.27. The van der Waals surface area contributed by atoms with Gasteiger partial charge in [-0.2, -0.15) is 0 Å². The number of ether oxygens (including phenoxy) is 1. The smallest absolute Gasteiger partial charge is 0.121 e. The van der Waals surface area contributed by atoms with Gasteiger partial charge in [0.05, 0.1) is 18.5 Å². The van der Waals surface area contributed by atoms with Gasteiger partial charge in [-0.05, 0) is 37.8 Å². The van der Waals surface area contributed by atoms with Crippen LogP contribution in [-0.4, -0.2) is 19.2 Å². The first-order valence-electron chi connectivity index (χ1n) is 6.14. The van der Waals surface area contributed by atoms with Gasteiger partial charge in [-0.25, -0.2) is 0 Å². The van der Waals surface area contributed by atoms with Gasteiger partial charge in [-0.3, -0.25) is 0 Å². The van der Waals surface area contributed by atoms with Crippen molar-refractivity contribution in [1.82, 2.24) is 0 Å². The third-order valence-corrected chi connectivity index (χ3v) is 3.39. The van der Waals surface area contributed by atoms with Gasteiger partial charge in [-0.1, -0.05) is 0 Å². The van der Waals surface area contributed by atoms with E-state index in [4.69, 9.17) is 16.2 Å². The van der Waals surface area contributed by atoms with Crippen LogP contribution in [0.1, 0.15) is 25.7 Å². The molecule has 1 fully saturated rings. The minimum Gasteiger partial charge on any atom is -0.497 e. The fourth-order valence-electron chi connectivity index (χ4n) is 2.27. The monoisotopic (exact) mass is 235 g/mol. The molecule has 0 aliphatic heterocycles. The van der Waals surface area contributed by atoms with Gasteiger partial charge in [0.15, 0.2) is 0 Å². The van der Waals surface area contributed by atoms with Crippen LogP contribution >= 0.6 is 0 Å². The SMILES string of the molecule is COc1ccc(N)c(N[C@H]2CC[C@H](N)CC2)c1. The number of benzene rings is 1. The topological polar surface area (TPSA) is 73.3 Å². The Bertz CT molecular complexity index is 373. The first kappa shape index (κ1) is 12.0. The van der Waals surface area contributed by atoms with Crippen LogP contribution in [0.15, 0.2) is 18.2 Å². The molecule has 0 amide bonds. The lowest BCUT2D eigenvalue weighted by Crippen LogP contribution is -2.32. The van der Waals surface area contributed by atoms with Gasteiger partial charge in [0.1, 0.15) is 5.75 Å². The van der Waals surface area contributed by atoms with E-state index in [0.29, 0.717) is 12.1 Å². The first-order chi connectivity index (χ1) is 8.19. The van der Waals surface area contributed by atoms with Crippen LogP contribution in [0.3, 0.4) is 0 Å². The predicted octanol–water partition coefficient (Wildman–Crippen LogP) is 1.96. The highest BCUT2D eigenvalue weighted by atomic mass is 16.5. The minimum absolute atomic E-state index is 0.371.